The van der Waals surface area contributed by atoms with Crippen LogP contribution in [0.3, 0.4) is 0 Å². The molecule has 1 unspecified atom stereocenters. The number of methoxy groups -OCH3 is 1. The summed E-state index contributed by atoms with van der Waals surface area (Å²) in [5.74, 6) is 1.48. The van der Waals surface area contributed by atoms with Gasteiger partial charge in [0, 0.05) is 11.1 Å². The molecular weight excluding hydrogens is 356 g/mol. The van der Waals surface area contributed by atoms with Gasteiger partial charge in [0.05, 0.1) is 26.2 Å². The first-order chi connectivity index (χ1) is 13.6. The van der Waals surface area contributed by atoms with E-state index in [2.05, 4.69) is 10.5 Å². The number of fused-ring (bicyclic) bond motifs is 1. The Morgan fingerprint density at radius 3 is 2.29 bits per heavy atom. The maximum absolute atomic E-state index is 12.7. The van der Waals surface area contributed by atoms with Gasteiger partial charge in [0.15, 0.2) is 11.5 Å². The van der Waals surface area contributed by atoms with Crippen molar-refractivity contribution in [3.8, 4) is 17.2 Å². The first-order valence-electron chi connectivity index (χ1n) is 9.59. The topological polar surface area (TPSA) is 69.2 Å². The number of hydrazone groups is 1. The Kier molecular flexibility index (Phi) is 6.19. The maximum atomic E-state index is 12.7. The zero-order valence-electron chi connectivity index (χ0n) is 16.7. The maximum Gasteiger partial charge on any atom is 0.247 e. The lowest BCUT2D eigenvalue weighted by molar-refractivity contribution is -0.122. The summed E-state index contributed by atoms with van der Waals surface area (Å²) in [6.45, 7) is 6.85. The van der Waals surface area contributed by atoms with E-state index in [-0.39, 0.29) is 11.8 Å². The van der Waals surface area contributed by atoms with Crippen molar-refractivity contribution in [2.45, 2.75) is 33.1 Å². The molecule has 1 aliphatic heterocycles. The van der Waals surface area contributed by atoms with Gasteiger partial charge in [-0.1, -0.05) is 19.1 Å². The van der Waals surface area contributed by atoms with Crippen molar-refractivity contribution in [1.29, 1.82) is 0 Å². The Labute approximate surface area is 165 Å². The highest BCUT2D eigenvalue weighted by atomic mass is 16.5. The third-order valence-corrected chi connectivity index (χ3v) is 4.71. The number of benzene rings is 2. The fourth-order valence-corrected chi connectivity index (χ4v) is 3.45. The van der Waals surface area contributed by atoms with Crippen LogP contribution in [-0.4, -0.2) is 31.9 Å². The number of hydrogen-bond acceptors (Lipinski definition) is 5. The van der Waals surface area contributed by atoms with Gasteiger partial charge in [0.2, 0.25) is 5.91 Å². The van der Waals surface area contributed by atoms with Gasteiger partial charge in [-0.15, -0.1) is 0 Å². The van der Waals surface area contributed by atoms with E-state index in [0.29, 0.717) is 42.6 Å². The summed E-state index contributed by atoms with van der Waals surface area (Å²) in [7, 11) is 1.62. The molecule has 6 nitrogen and oxygen atoms in total. The second kappa shape index (κ2) is 8.78. The highest BCUT2D eigenvalue weighted by Gasteiger charge is 2.30. The first-order valence-corrected chi connectivity index (χ1v) is 9.59. The SMILES string of the molecule is CCOc1cc2c(cc1OCC)C(CC)C(=O)NN=C2c1ccccc1OC. The van der Waals surface area contributed by atoms with Gasteiger partial charge in [-0.3, -0.25) is 4.79 Å². The smallest absolute Gasteiger partial charge is 0.247 e. The zero-order chi connectivity index (χ0) is 20.1. The molecule has 3 rings (SSSR count). The molecule has 1 amide bonds. The number of ether oxygens (including phenoxy) is 3. The van der Waals surface area contributed by atoms with E-state index in [1.54, 1.807) is 7.11 Å². The van der Waals surface area contributed by atoms with E-state index in [9.17, 15) is 4.79 Å². The average Bonchev–Trinajstić information content (AvgIpc) is 2.84. The molecule has 0 saturated carbocycles. The standard InChI is InChI=1S/C22H26N2O4/c1-5-14-16-12-19(27-6-2)20(28-7-3)13-17(16)21(23-24-22(14)25)15-10-8-9-11-18(15)26-4/h8-14H,5-7H2,1-4H3,(H,24,25). The predicted molar refractivity (Wildman–Crippen MR) is 109 cm³/mol. The molecule has 1 heterocycles. The minimum atomic E-state index is -0.333. The van der Waals surface area contributed by atoms with Gasteiger partial charge in [-0.25, -0.2) is 5.43 Å². The highest BCUT2D eigenvalue weighted by molar-refractivity contribution is 6.17. The number of carbonyl (C=O) groups excluding carboxylic acids is 1. The number of rotatable bonds is 7. The van der Waals surface area contributed by atoms with Crippen molar-refractivity contribution < 1.29 is 19.0 Å². The van der Waals surface area contributed by atoms with Crippen LogP contribution < -0.4 is 19.6 Å². The molecular formula is C22H26N2O4. The van der Waals surface area contributed by atoms with Crippen LogP contribution in [0.2, 0.25) is 0 Å². The van der Waals surface area contributed by atoms with Crippen molar-refractivity contribution in [2.75, 3.05) is 20.3 Å². The fraction of sp³-hybridized carbons (Fsp3) is 0.364. The lowest BCUT2D eigenvalue weighted by Crippen LogP contribution is -2.23. The van der Waals surface area contributed by atoms with Crippen LogP contribution in [0, 0.1) is 0 Å². The number of amides is 1. The van der Waals surface area contributed by atoms with Crippen molar-refractivity contribution in [3.63, 3.8) is 0 Å². The second-order valence-corrected chi connectivity index (χ2v) is 6.35. The lowest BCUT2D eigenvalue weighted by Gasteiger charge is -2.20. The largest absolute Gasteiger partial charge is 0.496 e. The number of nitrogens with one attached hydrogen (secondary N) is 1. The number of carbonyl (C=O) groups is 1. The quantitative estimate of drug-likeness (QED) is 0.789. The van der Waals surface area contributed by atoms with Crippen molar-refractivity contribution in [3.05, 3.63) is 53.1 Å². The van der Waals surface area contributed by atoms with Crippen LogP contribution in [0.4, 0.5) is 0 Å². The van der Waals surface area contributed by atoms with Crippen LogP contribution in [0.1, 0.15) is 49.8 Å². The van der Waals surface area contributed by atoms with E-state index in [1.165, 1.54) is 0 Å². The minimum absolute atomic E-state index is 0.139. The molecule has 0 radical (unpaired) electrons. The van der Waals surface area contributed by atoms with Crippen molar-refractivity contribution in [2.24, 2.45) is 5.10 Å². The molecule has 6 heteroatoms. The third-order valence-electron chi connectivity index (χ3n) is 4.71. The van der Waals surface area contributed by atoms with Gasteiger partial charge in [0.25, 0.3) is 0 Å². The van der Waals surface area contributed by atoms with E-state index in [1.807, 2.05) is 57.2 Å². The first kappa shape index (κ1) is 19.7. The van der Waals surface area contributed by atoms with E-state index >= 15 is 0 Å². The van der Waals surface area contributed by atoms with E-state index in [0.717, 1.165) is 16.7 Å². The Balaban J connectivity index is 2.27. The summed E-state index contributed by atoms with van der Waals surface area (Å²) in [4.78, 5) is 12.7. The van der Waals surface area contributed by atoms with Gasteiger partial charge >= 0.3 is 0 Å². The molecule has 1 N–H and O–H groups in total. The Hall–Kier alpha value is -3.02. The summed E-state index contributed by atoms with van der Waals surface area (Å²) in [6.07, 6.45) is 0.646. The molecule has 0 saturated heterocycles. The molecule has 2 aromatic carbocycles. The molecule has 0 spiro atoms. The van der Waals surface area contributed by atoms with Gasteiger partial charge in [0.1, 0.15) is 11.5 Å². The Bertz CT molecular complexity index is 892. The highest BCUT2D eigenvalue weighted by Crippen LogP contribution is 2.38. The average molecular weight is 382 g/mol. The zero-order valence-corrected chi connectivity index (χ0v) is 16.7. The van der Waals surface area contributed by atoms with E-state index < -0.39 is 0 Å². The van der Waals surface area contributed by atoms with Crippen LogP contribution in [0.5, 0.6) is 17.2 Å². The van der Waals surface area contributed by atoms with Crippen LogP contribution in [0.25, 0.3) is 0 Å². The van der Waals surface area contributed by atoms with Crippen LogP contribution >= 0.6 is 0 Å². The van der Waals surface area contributed by atoms with Crippen LogP contribution in [-0.2, 0) is 4.79 Å². The monoisotopic (exact) mass is 382 g/mol. The molecule has 0 aliphatic carbocycles. The molecule has 0 fully saturated rings. The van der Waals surface area contributed by atoms with Crippen molar-refractivity contribution in [1.82, 2.24) is 5.43 Å². The van der Waals surface area contributed by atoms with E-state index in [4.69, 9.17) is 14.2 Å². The van der Waals surface area contributed by atoms with Crippen molar-refractivity contribution >= 4 is 11.6 Å². The molecule has 1 aliphatic rings. The summed E-state index contributed by atoms with van der Waals surface area (Å²) >= 11 is 0. The molecule has 1 atom stereocenters. The summed E-state index contributed by atoms with van der Waals surface area (Å²) in [6, 6.07) is 11.4. The third kappa shape index (κ3) is 3.67. The summed E-state index contributed by atoms with van der Waals surface area (Å²) < 4.78 is 17.1. The summed E-state index contributed by atoms with van der Waals surface area (Å²) in [5.41, 5.74) is 5.85. The normalized spacial score (nSPS) is 15.8. The molecule has 148 valence electrons. The van der Waals surface area contributed by atoms with Gasteiger partial charge < -0.3 is 14.2 Å². The fourth-order valence-electron chi connectivity index (χ4n) is 3.45. The summed E-state index contributed by atoms with van der Waals surface area (Å²) in [5, 5.41) is 4.44. The lowest BCUT2D eigenvalue weighted by atomic mass is 9.87. The molecule has 28 heavy (non-hydrogen) atoms. The second-order valence-electron chi connectivity index (χ2n) is 6.35. The number of nitrogens with zero attached hydrogens (tertiary/aromatic N) is 1. The van der Waals surface area contributed by atoms with Gasteiger partial charge in [-0.2, -0.15) is 5.10 Å². The molecule has 0 aromatic heterocycles. The predicted octanol–water partition coefficient (Wildman–Crippen LogP) is 3.87. The Morgan fingerprint density at radius 1 is 0.964 bits per heavy atom. The number of hydrogen-bond donors (Lipinski definition) is 1. The molecule has 0 bridgehead atoms. The Morgan fingerprint density at radius 2 is 1.64 bits per heavy atom. The molecule has 2 aromatic rings. The van der Waals surface area contributed by atoms with Crippen LogP contribution in [0.15, 0.2) is 41.5 Å². The number of para-hydroxylation sites is 1. The minimum Gasteiger partial charge on any atom is -0.496 e. The van der Waals surface area contributed by atoms with Gasteiger partial charge in [-0.05, 0) is 50.1 Å².